The highest BCUT2D eigenvalue weighted by Crippen LogP contribution is 2.28. The van der Waals surface area contributed by atoms with Crippen LogP contribution in [-0.4, -0.2) is 14.5 Å². The molecule has 2 aromatic heterocycles. The van der Waals surface area contributed by atoms with Crippen LogP contribution >= 0.6 is 11.3 Å². The standard InChI is InChI=1S/C33H30N4OS/c1-3-4-18-31-29(19-26-16-11-17-28(30(26)20-34)24-12-7-5-8-13-24)33(38)37(23(2)36-31)22-27-21-35-32(39-27)25-14-9-6-10-15-25/h5-17,21H,3-4,18-19,22H2,1-2H3. The molecule has 0 aliphatic carbocycles. The molecule has 0 atom stereocenters. The molecule has 0 spiro atoms. The summed E-state index contributed by atoms with van der Waals surface area (Å²) in [6.45, 7) is 4.45. The summed E-state index contributed by atoms with van der Waals surface area (Å²) in [5, 5.41) is 11.1. The molecule has 2 heterocycles. The van der Waals surface area contributed by atoms with Gasteiger partial charge in [0, 0.05) is 28.6 Å². The lowest BCUT2D eigenvalue weighted by Gasteiger charge is -2.16. The van der Waals surface area contributed by atoms with Gasteiger partial charge in [-0.05, 0) is 36.5 Å². The van der Waals surface area contributed by atoms with Gasteiger partial charge in [0.1, 0.15) is 16.9 Å². The number of aromatic nitrogens is 3. The number of rotatable bonds is 9. The lowest BCUT2D eigenvalue weighted by atomic mass is 9.92. The SMILES string of the molecule is CCCCc1nc(C)n(Cc2cnc(-c3ccccc3)s2)c(=O)c1Cc1cccc(-c2ccccc2)c1C#N. The minimum Gasteiger partial charge on any atom is -0.291 e. The summed E-state index contributed by atoms with van der Waals surface area (Å²) in [5.41, 5.74) is 5.83. The van der Waals surface area contributed by atoms with Gasteiger partial charge in [-0.3, -0.25) is 9.36 Å². The summed E-state index contributed by atoms with van der Waals surface area (Å²) >= 11 is 1.59. The van der Waals surface area contributed by atoms with E-state index in [0.717, 1.165) is 57.1 Å². The normalized spacial score (nSPS) is 10.9. The number of hydrogen-bond donors (Lipinski definition) is 0. The number of aryl methyl sites for hydroxylation is 2. The molecule has 0 amide bonds. The molecule has 194 valence electrons. The third kappa shape index (κ3) is 5.74. The maximum Gasteiger partial charge on any atom is 0.257 e. The molecule has 5 nitrogen and oxygen atoms in total. The van der Waals surface area contributed by atoms with Crippen molar-refractivity contribution in [2.45, 2.75) is 46.1 Å². The van der Waals surface area contributed by atoms with Crippen LogP contribution in [0.5, 0.6) is 0 Å². The topological polar surface area (TPSA) is 71.6 Å². The zero-order valence-corrected chi connectivity index (χ0v) is 23.0. The van der Waals surface area contributed by atoms with Crippen LogP contribution in [0.25, 0.3) is 21.7 Å². The van der Waals surface area contributed by atoms with Gasteiger partial charge in [0.05, 0.1) is 17.8 Å². The zero-order chi connectivity index (χ0) is 27.2. The maximum absolute atomic E-state index is 14.0. The second-order valence-electron chi connectivity index (χ2n) is 9.57. The zero-order valence-electron chi connectivity index (χ0n) is 22.2. The van der Waals surface area contributed by atoms with Crippen molar-refractivity contribution in [2.24, 2.45) is 0 Å². The molecule has 6 heteroatoms. The van der Waals surface area contributed by atoms with Gasteiger partial charge in [-0.2, -0.15) is 5.26 Å². The number of unbranched alkanes of at least 4 members (excludes halogenated alkanes) is 1. The van der Waals surface area contributed by atoms with Gasteiger partial charge < -0.3 is 0 Å². The molecule has 0 radical (unpaired) electrons. The van der Waals surface area contributed by atoms with E-state index in [-0.39, 0.29) is 5.56 Å². The van der Waals surface area contributed by atoms with Crippen LogP contribution in [0, 0.1) is 18.3 Å². The Morgan fingerprint density at radius 3 is 2.36 bits per heavy atom. The number of nitrogens with zero attached hydrogens (tertiary/aromatic N) is 4. The summed E-state index contributed by atoms with van der Waals surface area (Å²) in [5.74, 6) is 0.697. The second kappa shape index (κ2) is 12.0. The van der Waals surface area contributed by atoms with Gasteiger partial charge in [-0.15, -0.1) is 11.3 Å². The molecule has 5 rings (SSSR count). The summed E-state index contributed by atoms with van der Waals surface area (Å²) in [7, 11) is 0. The predicted molar refractivity (Wildman–Crippen MR) is 158 cm³/mol. The molecule has 5 aromatic rings. The molecule has 0 aliphatic rings. The summed E-state index contributed by atoms with van der Waals surface area (Å²) in [4.78, 5) is 24.6. The van der Waals surface area contributed by atoms with Crippen molar-refractivity contribution in [3.8, 4) is 27.8 Å². The van der Waals surface area contributed by atoms with Gasteiger partial charge in [-0.1, -0.05) is 92.2 Å². The van der Waals surface area contributed by atoms with E-state index in [9.17, 15) is 10.1 Å². The lowest BCUT2D eigenvalue weighted by Crippen LogP contribution is -2.29. The van der Waals surface area contributed by atoms with Crippen LogP contribution in [0.15, 0.2) is 89.9 Å². The average molecular weight is 531 g/mol. The van der Waals surface area contributed by atoms with Crippen LogP contribution in [0.4, 0.5) is 0 Å². The Morgan fingerprint density at radius 2 is 1.67 bits per heavy atom. The number of benzene rings is 3. The first-order chi connectivity index (χ1) is 19.1. The molecule has 0 unspecified atom stereocenters. The van der Waals surface area contributed by atoms with Gasteiger partial charge in [0.25, 0.3) is 5.56 Å². The van der Waals surface area contributed by atoms with Crippen LogP contribution in [0.2, 0.25) is 0 Å². The van der Waals surface area contributed by atoms with Crippen molar-refractivity contribution in [3.63, 3.8) is 0 Å². The Hall–Kier alpha value is -4.34. The molecule has 0 bridgehead atoms. The Labute approximate surface area is 233 Å². The fourth-order valence-electron chi connectivity index (χ4n) is 4.85. The lowest BCUT2D eigenvalue weighted by molar-refractivity contribution is 0.666. The predicted octanol–water partition coefficient (Wildman–Crippen LogP) is 7.20. The van der Waals surface area contributed by atoms with Crippen LogP contribution in [0.1, 0.15) is 52.9 Å². The first-order valence-corrected chi connectivity index (χ1v) is 14.1. The van der Waals surface area contributed by atoms with E-state index in [2.05, 4.69) is 18.0 Å². The van der Waals surface area contributed by atoms with E-state index in [1.165, 1.54) is 0 Å². The molecule has 0 saturated carbocycles. The van der Waals surface area contributed by atoms with Crippen LogP contribution < -0.4 is 5.56 Å². The highest BCUT2D eigenvalue weighted by atomic mass is 32.1. The van der Waals surface area contributed by atoms with E-state index < -0.39 is 0 Å². The van der Waals surface area contributed by atoms with E-state index in [1.807, 2.05) is 92.0 Å². The smallest absolute Gasteiger partial charge is 0.257 e. The van der Waals surface area contributed by atoms with E-state index in [0.29, 0.717) is 29.9 Å². The molecule has 0 saturated heterocycles. The molecular formula is C33H30N4OS. The fourth-order valence-corrected chi connectivity index (χ4v) is 5.76. The Morgan fingerprint density at radius 1 is 0.949 bits per heavy atom. The van der Waals surface area contributed by atoms with Crippen molar-refractivity contribution in [1.82, 2.24) is 14.5 Å². The number of thiazole rings is 1. The molecule has 0 fully saturated rings. The Balaban J connectivity index is 1.55. The fraction of sp³-hybridized carbons (Fsp3) is 0.212. The molecular weight excluding hydrogens is 500 g/mol. The second-order valence-corrected chi connectivity index (χ2v) is 10.7. The van der Waals surface area contributed by atoms with Gasteiger partial charge in [0.2, 0.25) is 0 Å². The van der Waals surface area contributed by atoms with Gasteiger partial charge >= 0.3 is 0 Å². The van der Waals surface area contributed by atoms with E-state index in [1.54, 1.807) is 15.9 Å². The van der Waals surface area contributed by atoms with Crippen molar-refractivity contribution in [1.29, 1.82) is 5.26 Å². The van der Waals surface area contributed by atoms with E-state index in [4.69, 9.17) is 4.98 Å². The minimum absolute atomic E-state index is 0.0442. The first kappa shape index (κ1) is 26.3. The summed E-state index contributed by atoms with van der Waals surface area (Å²) in [6.07, 6.45) is 4.92. The molecule has 0 aliphatic heterocycles. The van der Waals surface area contributed by atoms with Gasteiger partial charge in [-0.25, -0.2) is 9.97 Å². The number of hydrogen-bond acceptors (Lipinski definition) is 5. The molecule has 39 heavy (non-hydrogen) atoms. The van der Waals surface area contributed by atoms with Crippen molar-refractivity contribution in [2.75, 3.05) is 0 Å². The van der Waals surface area contributed by atoms with Gasteiger partial charge in [0.15, 0.2) is 0 Å². The first-order valence-electron chi connectivity index (χ1n) is 13.3. The third-order valence-corrected chi connectivity index (χ3v) is 7.94. The maximum atomic E-state index is 14.0. The molecule has 3 aromatic carbocycles. The van der Waals surface area contributed by atoms with Crippen molar-refractivity contribution < 1.29 is 0 Å². The third-order valence-electron chi connectivity index (χ3n) is 6.91. The highest BCUT2D eigenvalue weighted by molar-refractivity contribution is 7.15. The molecule has 0 N–H and O–H groups in total. The van der Waals surface area contributed by atoms with Crippen molar-refractivity contribution >= 4 is 11.3 Å². The monoisotopic (exact) mass is 530 g/mol. The minimum atomic E-state index is -0.0442. The Kier molecular flexibility index (Phi) is 8.10. The van der Waals surface area contributed by atoms with Crippen molar-refractivity contribution in [3.05, 3.63) is 128 Å². The average Bonchev–Trinajstić information content (AvgIpc) is 3.45. The van der Waals surface area contributed by atoms with Crippen LogP contribution in [0.3, 0.4) is 0 Å². The van der Waals surface area contributed by atoms with Crippen LogP contribution in [-0.2, 0) is 19.4 Å². The highest BCUT2D eigenvalue weighted by Gasteiger charge is 2.19. The largest absolute Gasteiger partial charge is 0.291 e. The number of nitriles is 1. The Bertz CT molecular complexity index is 1680. The summed E-state index contributed by atoms with van der Waals surface area (Å²) in [6, 6.07) is 28.3. The van der Waals surface area contributed by atoms with E-state index >= 15 is 0 Å². The quantitative estimate of drug-likeness (QED) is 0.202. The summed E-state index contributed by atoms with van der Waals surface area (Å²) < 4.78 is 1.75.